The summed E-state index contributed by atoms with van der Waals surface area (Å²) in [6.45, 7) is 2.52. The number of sulfonamides is 1. The van der Waals surface area contributed by atoms with E-state index in [1.54, 1.807) is 12.1 Å². The third-order valence-corrected chi connectivity index (χ3v) is 5.07. The Morgan fingerprint density at radius 1 is 1.08 bits per heavy atom. The van der Waals surface area contributed by atoms with Gasteiger partial charge in [-0.05, 0) is 42.3 Å². The maximum Gasteiger partial charge on any atom is 0.215 e. The van der Waals surface area contributed by atoms with Gasteiger partial charge in [0.1, 0.15) is 0 Å². The molecule has 0 radical (unpaired) electrons. The van der Waals surface area contributed by atoms with E-state index in [-0.39, 0.29) is 5.75 Å². The Bertz CT molecular complexity index is 830. The van der Waals surface area contributed by atoms with E-state index in [1.165, 1.54) is 12.6 Å². The van der Waals surface area contributed by atoms with Gasteiger partial charge in [-0.1, -0.05) is 43.3 Å². The lowest BCUT2D eigenvalue weighted by atomic mass is 10.1. The van der Waals surface area contributed by atoms with E-state index in [4.69, 9.17) is 5.73 Å². The highest BCUT2D eigenvalue weighted by atomic mass is 32.2. The summed E-state index contributed by atoms with van der Waals surface area (Å²) in [4.78, 5) is 4.32. The van der Waals surface area contributed by atoms with E-state index in [0.717, 1.165) is 23.2 Å². The second kappa shape index (κ2) is 8.64. The molecule has 0 spiro atoms. The van der Waals surface area contributed by atoms with Gasteiger partial charge in [-0.2, -0.15) is 0 Å². The number of anilines is 1. The summed E-state index contributed by atoms with van der Waals surface area (Å²) in [5, 5.41) is 3.08. The third kappa shape index (κ3) is 6.21. The van der Waals surface area contributed by atoms with E-state index in [9.17, 15) is 8.42 Å². The Hall–Kier alpha value is -2.38. The van der Waals surface area contributed by atoms with E-state index in [0.29, 0.717) is 12.5 Å². The normalized spacial score (nSPS) is 12.2. The summed E-state index contributed by atoms with van der Waals surface area (Å²) in [6.07, 6.45) is 0.961. The summed E-state index contributed by atoms with van der Waals surface area (Å²) in [7, 11) is -1.85. The molecule has 0 aliphatic heterocycles. The van der Waals surface area contributed by atoms with Crippen molar-refractivity contribution in [3.05, 3.63) is 65.2 Å². The van der Waals surface area contributed by atoms with Gasteiger partial charge in [0.15, 0.2) is 5.96 Å². The van der Waals surface area contributed by atoms with E-state index < -0.39 is 10.0 Å². The predicted octanol–water partition coefficient (Wildman–Crippen LogP) is 2.22. The summed E-state index contributed by atoms with van der Waals surface area (Å²) in [6, 6.07) is 15.3. The third-order valence-electron chi connectivity index (χ3n) is 3.73. The van der Waals surface area contributed by atoms with Gasteiger partial charge in [0, 0.05) is 5.69 Å². The first kappa shape index (κ1) is 19.0. The van der Waals surface area contributed by atoms with Gasteiger partial charge in [0.05, 0.1) is 12.3 Å². The van der Waals surface area contributed by atoms with Crippen molar-refractivity contribution in [3.63, 3.8) is 0 Å². The summed E-state index contributed by atoms with van der Waals surface area (Å²) < 4.78 is 25.4. The highest BCUT2D eigenvalue weighted by Crippen LogP contribution is 2.11. The van der Waals surface area contributed by atoms with Crippen molar-refractivity contribution in [3.8, 4) is 0 Å². The van der Waals surface area contributed by atoms with Crippen LogP contribution in [-0.4, -0.2) is 21.4 Å². The van der Waals surface area contributed by atoms with Crippen molar-refractivity contribution in [1.82, 2.24) is 4.72 Å². The molecule has 6 nitrogen and oxygen atoms in total. The molecule has 0 saturated carbocycles. The van der Waals surface area contributed by atoms with E-state index in [1.807, 2.05) is 30.3 Å². The molecule has 0 aromatic heterocycles. The number of nitrogens with one attached hydrogen (secondary N) is 2. The molecule has 0 amide bonds. The van der Waals surface area contributed by atoms with Gasteiger partial charge in [0.2, 0.25) is 10.0 Å². The van der Waals surface area contributed by atoms with Crippen LogP contribution in [0.3, 0.4) is 0 Å². The summed E-state index contributed by atoms with van der Waals surface area (Å²) in [5.74, 6) is 0.305. The molecule has 2 aromatic carbocycles. The standard InChI is InChI=1S/C18H24N4O2S/c1-3-14-5-4-6-17(11-14)22-18(19)21-12-15-7-9-16(10-8-15)13-25(23,24)20-2/h4-11,20H,3,12-13H2,1-2H3,(H3,19,21,22). The van der Waals surface area contributed by atoms with Gasteiger partial charge in [-0.25, -0.2) is 18.1 Å². The van der Waals surface area contributed by atoms with Crippen molar-refractivity contribution in [2.45, 2.75) is 25.6 Å². The number of guanidine groups is 1. The number of nitrogens with two attached hydrogens (primary N) is 1. The second-order valence-corrected chi connectivity index (χ2v) is 7.59. The predicted molar refractivity (Wildman–Crippen MR) is 103 cm³/mol. The van der Waals surface area contributed by atoms with Crippen LogP contribution in [0.5, 0.6) is 0 Å². The first-order valence-corrected chi connectivity index (χ1v) is 9.72. The van der Waals surface area contributed by atoms with Gasteiger partial charge in [0.25, 0.3) is 0 Å². The molecule has 0 unspecified atom stereocenters. The van der Waals surface area contributed by atoms with Crippen LogP contribution in [0.1, 0.15) is 23.6 Å². The topological polar surface area (TPSA) is 96.6 Å². The SMILES string of the molecule is CCc1cccc(NC(N)=NCc2ccc(CS(=O)(=O)NC)cc2)c1. The maximum atomic E-state index is 11.5. The zero-order valence-corrected chi connectivity index (χ0v) is 15.3. The van der Waals surface area contributed by atoms with Crippen LogP contribution in [0.2, 0.25) is 0 Å². The van der Waals surface area contributed by atoms with Gasteiger partial charge in [-0.3, -0.25) is 0 Å². The molecule has 4 N–H and O–H groups in total. The van der Waals surface area contributed by atoms with Crippen LogP contribution in [0.15, 0.2) is 53.5 Å². The molecule has 2 rings (SSSR count). The fraction of sp³-hybridized carbons (Fsp3) is 0.278. The van der Waals surface area contributed by atoms with Crippen LogP contribution in [0.4, 0.5) is 5.69 Å². The Balaban J connectivity index is 1.96. The quantitative estimate of drug-likeness (QED) is 0.521. The second-order valence-electron chi connectivity index (χ2n) is 5.66. The molecule has 0 fully saturated rings. The largest absolute Gasteiger partial charge is 0.370 e. The van der Waals surface area contributed by atoms with E-state index >= 15 is 0 Å². The summed E-state index contributed by atoms with van der Waals surface area (Å²) in [5.41, 5.74) is 9.75. The van der Waals surface area contributed by atoms with Crippen molar-refractivity contribution in [2.24, 2.45) is 10.7 Å². The molecule has 0 saturated heterocycles. The number of benzene rings is 2. The molecular formula is C18H24N4O2S. The Morgan fingerprint density at radius 2 is 1.76 bits per heavy atom. The lowest BCUT2D eigenvalue weighted by molar-refractivity contribution is 0.587. The number of hydrogen-bond acceptors (Lipinski definition) is 3. The number of rotatable bonds is 7. The minimum absolute atomic E-state index is 0.0372. The fourth-order valence-corrected chi connectivity index (χ4v) is 3.04. The smallest absolute Gasteiger partial charge is 0.215 e. The molecule has 2 aromatic rings. The number of hydrogen-bond donors (Lipinski definition) is 3. The van der Waals surface area contributed by atoms with Crippen LogP contribution in [-0.2, 0) is 28.7 Å². The average molecular weight is 360 g/mol. The zero-order chi connectivity index (χ0) is 18.3. The first-order chi connectivity index (χ1) is 11.9. The van der Waals surface area contributed by atoms with Gasteiger partial charge >= 0.3 is 0 Å². The lowest BCUT2D eigenvalue weighted by Crippen LogP contribution is -2.22. The minimum atomic E-state index is -3.26. The number of aliphatic imine (C=N–C) groups is 1. The van der Waals surface area contributed by atoms with E-state index in [2.05, 4.69) is 28.0 Å². The Labute approximate surface area is 149 Å². The van der Waals surface area contributed by atoms with Crippen LogP contribution < -0.4 is 15.8 Å². The minimum Gasteiger partial charge on any atom is -0.370 e. The molecule has 0 aliphatic carbocycles. The van der Waals surface area contributed by atoms with Crippen LogP contribution in [0, 0.1) is 0 Å². The van der Waals surface area contributed by atoms with Gasteiger partial charge in [-0.15, -0.1) is 0 Å². The molecule has 0 aliphatic rings. The van der Waals surface area contributed by atoms with Crippen molar-refractivity contribution < 1.29 is 8.42 Å². The first-order valence-electron chi connectivity index (χ1n) is 8.07. The fourth-order valence-electron chi connectivity index (χ4n) is 2.27. The molecular weight excluding hydrogens is 336 g/mol. The summed E-state index contributed by atoms with van der Waals surface area (Å²) >= 11 is 0. The molecule has 0 bridgehead atoms. The van der Waals surface area contributed by atoms with Crippen LogP contribution in [0.25, 0.3) is 0 Å². The van der Waals surface area contributed by atoms with Crippen molar-refractivity contribution >= 4 is 21.7 Å². The van der Waals surface area contributed by atoms with Gasteiger partial charge < -0.3 is 11.1 Å². The van der Waals surface area contributed by atoms with Crippen molar-refractivity contribution in [2.75, 3.05) is 12.4 Å². The molecule has 0 atom stereocenters. The zero-order valence-electron chi connectivity index (χ0n) is 14.5. The average Bonchev–Trinajstić information content (AvgIpc) is 2.61. The Kier molecular flexibility index (Phi) is 6.55. The molecule has 25 heavy (non-hydrogen) atoms. The molecule has 7 heteroatoms. The number of nitrogens with zero attached hydrogens (tertiary/aromatic N) is 1. The lowest BCUT2D eigenvalue weighted by Gasteiger charge is -2.07. The van der Waals surface area contributed by atoms with Crippen molar-refractivity contribution in [1.29, 1.82) is 0 Å². The monoisotopic (exact) mass is 360 g/mol. The maximum absolute atomic E-state index is 11.5. The molecule has 0 heterocycles. The van der Waals surface area contributed by atoms with Crippen LogP contribution >= 0.6 is 0 Å². The highest BCUT2D eigenvalue weighted by molar-refractivity contribution is 7.88. The number of aryl methyl sites for hydroxylation is 1. The Morgan fingerprint density at radius 3 is 2.40 bits per heavy atom. The molecule has 134 valence electrons. The highest BCUT2D eigenvalue weighted by Gasteiger charge is 2.08.